The van der Waals surface area contributed by atoms with Gasteiger partial charge in [-0.1, -0.05) is 6.07 Å². The Hall–Kier alpha value is -3.08. The number of nitrogens with one attached hydrogen (secondary N) is 1. The van der Waals surface area contributed by atoms with Crippen molar-refractivity contribution in [1.29, 1.82) is 0 Å². The number of carbonyl (C=O) groups is 1. The smallest absolute Gasteiger partial charge is 0.234 e. The summed E-state index contributed by atoms with van der Waals surface area (Å²) in [5, 5.41) is 14.8. The van der Waals surface area contributed by atoms with Gasteiger partial charge in [-0.3, -0.25) is 10.1 Å². The van der Waals surface area contributed by atoms with Crippen LogP contribution < -0.4 is 5.32 Å². The van der Waals surface area contributed by atoms with Crippen LogP contribution in [0, 0.1) is 12.3 Å². The summed E-state index contributed by atoms with van der Waals surface area (Å²) in [7, 11) is 0. The molecule has 8 heteroatoms. The summed E-state index contributed by atoms with van der Waals surface area (Å²) in [6, 6.07) is 5.42. The maximum atomic E-state index is 12.1. The number of pyridine rings is 1. The quantitative estimate of drug-likeness (QED) is 0.790. The van der Waals surface area contributed by atoms with Gasteiger partial charge >= 0.3 is 0 Å². The van der Waals surface area contributed by atoms with Crippen molar-refractivity contribution in [3.8, 4) is 18.2 Å². The second-order valence-electron chi connectivity index (χ2n) is 5.12. The highest BCUT2D eigenvalue weighted by Gasteiger charge is 2.39. The van der Waals surface area contributed by atoms with E-state index in [1.54, 1.807) is 18.3 Å². The largest absolute Gasteiger partial charge is 0.294 e. The maximum Gasteiger partial charge on any atom is 0.234 e. The molecule has 0 saturated heterocycles. The number of aromatic nitrogens is 4. The van der Waals surface area contributed by atoms with Crippen molar-refractivity contribution >= 4 is 11.9 Å². The van der Waals surface area contributed by atoms with Crippen LogP contribution in [0.2, 0.25) is 0 Å². The summed E-state index contributed by atoms with van der Waals surface area (Å²) >= 11 is 0. The average Bonchev–Trinajstić information content (AvgIpc) is 3.21. The average molecular weight is 309 g/mol. The van der Waals surface area contributed by atoms with E-state index in [4.69, 9.17) is 6.42 Å². The molecule has 0 aromatic carbocycles. The Bertz CT molecular complexity index is 754. The van der Waals surface area contributed by atoms with E-state index >= 15 is 0 Å². The summed E-state index contributed by atoms with van der Waals surface area (Å²) in [6.45, 7) is 0. The van der Waals surface area contributed by atoms with Gasteiger partial charge in [0.1, 0.15) is 6.33 Å². The molecule has 0 bridgehead atoms. The van der Waals surface area contributed by atoms with E-state index < -0.39 is 5.66 Å². The third-order valence-corrected chi connectivity index (χ3v) is 3.47. The van der Waals surface area contributed by atoms with Crippen molar-refractivity contribution < 1.29 is 4.79 Å². The van der Waals surface area contributed by atoms with Gasteiger partial charge in [0.2, 0.25) is 11.9 Å². The molecule has 0 spiro atoms. The number of rotatable bonds is 7. The monoisotopic (exact) mass is 309 g/mol. The maximum absolute atomic E-state index is 12.1. The van der Waals surface area contributed by atoms with Gasteiger partial charge in [-0.05, 0) is 12.1 Å². The van der Waals surface area contributed by atoms with Crippen LogP contribution in [0.5, 0.6) is 0 Å². The third kappa shape index (κ3) is 3.58. The van der Waals surface area contributed by atoms with Gasteiger partial charge in [0.15, 0.2) is 11.5 Å². The van der Waals surface area contributed by atoms with Gasteiger partial charge in [0.25, 0.3) is 0 Å². The molecule has 2 aromatic rings. The Morgan fingerprint density at radius 2 is 2.17 bits per heavy atom. The van der Waals surface area contributed by atoms with E-state index in [9.17, 15) is 4.79 Å². The molecule has 23 heavy (non-hydrogen) atoms. The molecule has 2 aromatic heterocycles. The highest BCUT2D eigenvalue weighted by Crippen LogP contribution is 2.37. The highest BCUT2D eigenvalue weighted by molar-refractivity contribution is 5.89. The van der Waals surface area contributed by atoms with Crippen LogP contribution in [0.15, 0.2) is 41.0 Å². The number of amides is 1. The summed E-state index contributed by atoms with van der Waals surface area (Å²) < 4.78 is 1.47. The third-order valence-electron chi connectivity index (χ3n) is 3.47. The zero-order chi connectivity index (χ0) is 16.1. The predicted octanol–water partition coefficient (Wildman–Crippen LogP) is 1.96. The molecule has 0 atom stereocenters. The number of terminal acetylenes is 1. The Morgan fingerprint density at radius 1 is 1.30 bits per heavy atom. The molecule has 1 aliphatic rings. The van der Waals surface area contributed by atoms with Crippen molar-refractivity contribution in [2.75, 3.05) is 5.32 Å². The first-order valence-electron chi connectivity index (χ1n) is 7.21. The van der Waals surface area contributed by atoms with Crippen molar-refractivity contribution in [2.45, 2.75) is 31.3 Å². The Labute approximate surface area is 133 Å². The lowest BCUT2D eigenvalue weighted by Crippen LogP contribution is -2.19. The number of hydrogen-bond donors (Lipinski definition) is 1. The highest BCUT2D eigenvalue weighted by atomic mass is 16.1. The number of hydrogen-bond acceptors (Lipinski definition) is 6. The fraction of sp³-hybridized carbons (Fsp3) is 0.333. The van der Waals surface area contributed by atoms with Gasteiger partial charge in [-0.25, -0.2) is 4.98 Å². The van der Waals surface area contributed by atoms with Crippen molar-refractivity contribution in [2.24, 2.45) is 10.2 Å². The normalized spacial score (nSPS) is 14.2. The summed E-state index contributed by atoms with van der Waals surface area (Å²) in [5.41, 5.74) is -0.460. The molecule has 1 aliphatic heterocycles. The molecule has 1 N–H and O–H groups in total. The van der Waals surface area contributed by atoms with Gasteiger partial charge in [-0.2, -0.15) is 25.0 Å². The first kappa shape index (κ1) is 14.8. The molecule has 0 saturated carbocycles. The number of carbonyl (C=O) groups excluding carboxylic acids is 1. The van der Waals surface area contributed by atoms with Crippen LogP contribution in [-0.4, -0.2) is 31.3 Å². The zero-order valence-corrected chi connectivity index (χ0v) is 12.4. The molecule has 0 unspecified atom stereocenters. The lowest BCUT2D eigenvalue weighted by Gasteiger charge is -2.09. The van der Waals surface area contributed by atoms with E-state index in [1.807, 2.05) is 6.07 Å². The molecule has 1 amide bonds. The van der Waals surface area contributed by atoms with E-state index in [0.29, 0.717) is 31.0 Å². The lowest BCUT2D eigenvalue weighted by atomic mass is 10.0. The van der Waals surface area contributed by atoms with Crippen LogP contribution >= 0.6 is 0 Å². The van der Waals surface area contributed by atoms with Crippen molar-refractivity contribution in [1.82, 2.24) is 19.7 Å². The summed E-state index contributed by atoms with van der Waals surface area (Å²) in [5.74, 6) is 3.30. The Morgan fingerprint density at radius 3 is 2.87 bits per heavy atom. The van der Waals surface area contributed by atoms with E-state index in [1.165, 1.54) is 11.0 Å². The Kier molecular flexibility index (Phi) is 4.10. The van der Waals surface area contributed by atoms with Crippen LogP contribution in [0.25, 0.3) is 5.82 Å². The minimum atomic E-state index is -0.460. The fourth-order valence-electron chi connectivity index (χ4n) is 2.14. The molecular formula is C15H15N7O. The van der Waals surface area contributed by atoms with E-state index in [2.05, 4.69) is 36.5 Å². The lowest BCUT2D eigenvalue weighted by molar-refractivity contribution is -0.116. The standard InChI is InChI=1S/C15H15N7O/c1-2-3-8-15(20-21-15)9-7-13(23)19-14-17-11-18-22(14)12-6-4-5-10-16-12/h1,4-6,10-11H,3,7-9H2,(H,17,18,19,23). The van der Waals surface area contributed by atoms with Gasteiger partial charge < -0.3 is 0 Å². The molecule has 0 radical (unpaired) electrons. The molecule has 3 heterocycles. The fourth-order valence-corrected chi connectivity index (χ4v) is 2.14. The van der Waals surface area contributed by atoms with Crippen LogP contribution in [-0.2, 0) is 4.79 Å². The van der Waals surface area contributed by atoms with Gasteiger partial charge in [-0.15, -0.1) is 12.3 Å². The molecule has 116 valence electrons. The second kappa shape index (κ2) is 6.36. The van der Waals surface area contributed by atoms with Crippen molar-refractivity contribution in [3.63, 3.8) is 0 Å². The predicted molar refractivity (Wildman–Crippen MR) is 82.7 cm³/mol. The minimum absolute atomic E-state index is 0.174. The van der Waals surface area contributed by atoms with E-state index in [-0.39, 0.29) is 12.3 Å². The molecule has 8 nitrogen and oxygen atoms in total. The van der Waals surface area contributed by atoms with Crippen LogP contribution in [0.3, 0.4) is 0 Å². The molecule has 0 aliphatic carbocycles. The number of anilines is 1. The van der Waals surface area contributed by atoms with Crippen LogP contribution in [0.4, 0.5) is 5.95 Å². The summed E-state index contributed by atoms with van der Waals surface area (Å²) in [4.78, 5) is 20.3. The summed E-state index contributed by atoms with van der Waals surface area (Å²) in [6.07, 6.45) is 10.4. The molecule has 3 rings (SSSR count). The van der Waals surface area contributed by atoms with Crippen molar-refractivity contribution in [3.05, 3.63) is 30.7 Å². The SMILES string of the molecule is C#CCCC1(CCC(=O)Nc2ncnn2-c2ccccn2)N=N1. The first-order valence-corrected chi connectivity index (χ1v) is 7.21. The first-order chi connectivity index (χ1) is 11.2. The zero-order valence-electron chi connectivity index (χ0n) is 12.4. The van der Waals surface area contributed by atoms with Gasteiger partial charge in [0, 0.05) is 31.9 Å². The molecular weight excluding hydrogens is 294 g/mol. The topological polar surface area (TPSA) is 97.4 Å². The van der Waals surface area contributed by atoms with Gasteiger partial charge in [0.05, 0.1) is 0 Å². The minimum Gasteiger partial charge on any atom is -0.294 e. The second-order valence-corrected chi connectivity index (χ2v) is 5.12. The Balaban J connectivity index is 1.57. The molecule has 0 fully saturated rings. The van der Waals surface area contributed by atoms with Crippen LogP contribution in [0.1, 0.15) is 25.7 Å². The number of nitrogens with zero attached hydrogens (tertiary/aromatic N) is 6. The van der Waals surface area contributed by atoms with E-state index in [0.717, 1.165) is 0 Å².